The minimum absolute atomic E-state index is 0.636. The number of hydrogen-bond donors (Lipinski definition) is 2. The molecule has 0 unspecified atom stereocenters. The van der Waals surface area contributed by atoms with Crippen LogP contribution in [0, 0.1) is 0 Å². The van der Waals surface area contributed by atoms with Crippen LogP contribution in [0.3, 0.4) is 0 Å². The number of nitrogens with two attached hydrogens (primary N) is 1. The van der Waals surface area contributed by atoms with E-state index in [0.717, 1.165) is 12.1 Å². The lowest BCUT2D eigenvalue weighted by Gasteiger charge is -2.00. The summed E-state index contributed by atoms with van der Waals surface area (Å²) < 4.78 is 1.31. The second kappa shape index (κ2) is 4.31. The molecule has 0 aliphatic rings. The van der Waals surface area contributed by atoms with Crippen LogP contribution in [-0.4, -0.2) is 16.7 Å². The van der Waals surface area contributed by atoms with E-state index in [1.54, 1.807) is 11.3 Å². The fourth-order valence-electron chi connectivity index (χ4n) is 2.07. The molecule has 0 aliphatic heterocycles. The van der Waals surface area contributed by atoms with Gasteiger partial charge in [-0.3, -0.25) is 5.10 Å². The molecule has 0 saturated heterocycles. The number of fused-ring (bicyclic) bond motifs is 1. The average Bonchev–Trinajstić information content (AvgIpc) is 2.95. The van der Waals surface area contributed by atoms with E-state index in [2.05, 4.69) is 39.8 Å². The van der Waals surface area contributed by atoms with Gasteiger partial charge in [-0.15, -0.1) is 11.3 Å². The van der Waals surface area contributed by atoms with Gasteiger partial charge in [-0.1, -0.05) is 18.2 Å². The zero-order chi connectivity index (χ0) is 11.7. The van der Waals surface area contributed by atoms with Crippen molar-refractivity contribution in [3.63, 3.8) is 0 Å². The Hall–Kier alpha value is -1.65. The number of nitrogens with one attached hydrogen (secondary N) is 1. The average molecular weight is 243 g/mol. The van der Waals surface area contributed by atoms with Gasteiger partial charge in [0.1, 0.15) is 0 Å². The first-order valence-corrected chi connectivity index (χ1v) is 6.47. The van der Waals surface area contributed by atoms with Crippen LogP contribution in [0.25, 0.3) is 21.2 Å². The quantitative estimate of drug-likeness (QED) is 0.743. The monoisotopic (exact) mass is 243 g/mol. The largest absolute Gasteiger partial charge is 0.330 e. The van der Waals surface area contributed by atoms with Crippen LogP contribution in [-0.2, 0) is 6.42 Å². The van der Waals surface area contributed by atoms with E-state index < -0.39 is 0 Å². The molecule has 0 atom stereocenters. The van der Waals surface area contributed by atoms with Gasteiger partial charge in [-0.25, -0.2) is 0 Å². The van der Waals surface area contributed by atoms with E-state index in [1.165, 1.54) is 21.2 Å². The van der Waals surface area contributed by atoms with Gasteiger partial charge < -0.3 is 5.73 Å². The smallest absolute Gasteiger partial charge is 0.0569 e. The highest BCUT2D eigenvalue weighted by Gasteiger charge is 2.11. The van der Waals surface area contributed by atoms with Gasteiger partial charge in [-0.05, 0) is 18.0 Å². The van der Waals surface area contributed by atoms with Gasteiger partial charge in [0.05, 0.1) is 6.20 Å². The molecule has 3 rings (SSSR count). The Labute approximate surface area is 103 Å². The molecule has 0 saturated carbocycles. The molecule has 3 nitrogen and oxygen atoms in total. The van der Waals surface area contributed by atoms with Crippen LogP contribution in [0.15, 0.2) is 35.8 Å². The number of aromatic amines is 1. The van der Waals surface area contributed by atoms with Gasteiger partial charge in [0.2, 0.25) is 0 Å². The minimum atomic E-state index is 0.636. The normalized spacial score (nSPS) is 11.1. The number of rotatable bonds is 3. The van der Waals surface area contributed by atoms with Crippen LogP contribution in [0.1, 0.15) is 5.69 Å². The summed E-state index contributed by atoms with van der Waals surface area (Å²) in [5, 5.41) is 10.6. The first-order valence-electron chi connectivity index (χ1n) is 5.59. The first-order chi connectivity index (χ1) is 8.40. The number of thiophene rings is 1. The zero-order valence-corrected chi connectivity index (χ0v) is 10.1. The van der Waals surface area contributed by atoms with Gasteiger partial charge in [0.25, 0.3) is 0 Å². The molecule has 0 bridgehead atoms. The Morgan fingerprint density at radius 2 is 2.12 bits per heavy atom. The van der Waals surface area contributed by atoms with Gasteiger partial charge >= 0.3 is 0 Å². The summed E-state index contributed by atoms with van der Waals surface area (Å²) in [6.45, 7) is 0.636. The van der Waals surface area contributed by atoms with Crippen molar-refractivity contribution in [3.05, 3.63) is 41.5 Å². The zero-order valence-electron chi connectivity index (χ0n) is 9.31. The lowest BCUT2D eigenvalue weighted by molar-refractivity contribution is 0.903. The Bertz CT molecular complexity index is 639. The van der Waals surface area contributed by atoms with Gasteiger partial charge in [-0.2, -0.15) is 5.10 Å². The van der Waals surface area contributed by atoms with Crippen LogP contribution < -0.4 is 5.73 Å². The SMILES string of the molecule is NCCc1[nH]ncc1-c1csc2ccccc12. The van der Waals surface area contributed by atoms with Crippen molar-refractivity contribution < 1.29 is 0 Å². The molecule has 17 heavy (non-hydrogen) atoms. The summed E-state index contributed by atoms with van der Waals surface area (Å²) in [6.07, 6.45) is 2.72. The van der Waals surface area contributed by atoms with E-state index in [-0.39, 0.29) is 0 Å². The summed E-state index contributed by atoms with van der Waals surface area (Å²) in [5.41, 5.74) is 9.16. The number of aromatic nitrogens is 2. The van der Waals surface area contributed by atoms with E-state index in [4.69, 9.17) is 5.73 Å². The molecule has 3 N–H and O–H groups in total. The fourth-order valence-corrected chi connectivity index (χ4v) is 3.03. The third-order valence-electron chi connectivity index (χ3n) is 2.88. The molecular weight excluding hydrogens is 230 g/mol. The molecule has 0 radical (unpaired) electrons. The third-order valence-corrected chi connectivity index (χ3v) is 3.85. The van der Waals surface area contributed by atoms with Crippen molar-refractivity contribution >= 4 is 21.4 Å². The standard InChI is InChI=1S/C13H13N3S/c14-6-5-12-10(7-15-16-12)11-8-17-13-4-2-1-3-9(11)13/h1-4,7-8H,5-6,14H2,(H,15,16). The summed E-state index contributed by atoms with van der Waals surface area (Å²) in [5.74, 6) is 0. The minimum Gasteiger partial charge on any atom is -0.330 e. The summed E-state index contributed by atoms with van der Waals surface area (Å²) in [6, 6.07) is 8.44. The Kier molecular flexibility index (Phi) is 2.66. The maximum atomic E-state index is 5.61. The van der Waals surface area contributed by atoms with Crippen LogP contribution in [0.2, 0.25) is 0 Å². The number of H-pyrrole nitrogens is 1. The molecule has 0 fully saturated rings. The predicted molar refractivity (Wildman–Crippen MR) is 72.2 cm³/mol. The van der Waals surface area contributed by atoms with Gasteiger partial charge in [0.15, 0.2) is 0 Å². The highest BCUT2D eigenvalue weighted by atomic mass is 32.1. The topological polar surface area (TPSA) is 54.7 Å². The first kappa shape index (κ1) is 10.5. The van der Waals surface area contributed by atoms with Crippen molar-refractivity contribution in [3.8, 4) is 11.1 Å². The highest BCUT2D eigenvalue weighted by Crippen LogP contribution is 2.34. The molecular formula is C13H13N3S. The lowest BCUT2D eigenvalue weighted by Crippen LogP contribution is -2.03. The summed E-state index contributed by atoms with van der Waals surface area (Å²) >= 11 is 1.77. The molecule has 2 heterocycles. The molecule has 0 amide bonds. The Balaban J connectivity index is 2.17. The van der Waals surface area contributed by atoms with E-state index in [1.807, 2.05) is 6.20 Å². The van der Waals surface area contributed by atoms with Crippen molar-refractivity contribution in [2.75, 3.05) is 6.54 Å². The number of nitrogens with zero attached hydrogens (tertiary/aromatic N) is 1. The Morgan fingerprint density at radius 1 is 1.24 bits per heavy atom. The molecule has 0 aliphatic carbocycles. The molecule has 86 valence electrons. The van der Waals surface area contributed by atoms with E-state index in [0.29, 0.717) is 6.54 Å². The maximum Gasteiger partial charge on any atom is 0.0569 e. The lowest BCUT2D eigenvalue weighted by atomic mass is 10.0. The second-order valence-electron chi connectivity index (χ2n) is 3.95. The van der Waals surface area contributed by atoms with Crippen molar-refractivity contribution in [1.29, 1.82) is 0 Å². The van der Waals surface area contributed by atoms with Crippen LogP contribution >= 0.6 is 11.3 Å². The molecule has 3 aromatic rings. The molecule has 2 aromatic heterocycles. The van der Waals surface area contributed by atoms with Crippen molar-refractivity contribution in [2.24, 2.45) is 5.73 Å². The van der Waals surface area contributed by atoms with Gasteiger partial charge in [0, 0.05) is 33.3 Å². The predicted octanol–water partition coefficient (Wildman–Crippen LogP) is 2.79. The van der Waals surface area contributed by atoms with Crippen molar-refractivity contribution in [1.82, 2.24) is 10.2 Å². The molecule has 0 spiro atoms. The molecule has 1 aromatic carbocycles. The third kappa shape index (κ3) is 1.75. The van der Waals surface area contributed by atoms with E-state index >= 15 is 0 Å². The summed E-state index contributed by atoms with van der Waals surface area (Å²) in [7, 11) is 0. The Morgan fingerprint density at radius 3 is 3.00 bits per heavy atom. The van der Waals surface area contributed by atoms with E-state index in [9.17, 15) is 0 Å². The maximum absolute atomic E-state index is 5.61. The second-order valence-corrected chi connectivity index (χ2v) is 4.86. The molecule has 4 heteroatoms. The fraction of sp³-hybridized carbons (Fsp3) is 0.154. The summed E-state index contributed by atoms with van der Waals surface area (Å²) in [4.78, 5) is 0. The number of hydrogen-bond acceptors (Lipinski definition) is 3. The van der Waals surface area contributed by atoms with Crippen LogP contribution in [0.4, 0.5) is 0 Å². The number of benzene rings is 1. The van der Waals surface area contributed by atoms with Crippen molar-refractivity contribution in [2.45, 2.75) is 6.42 Å². The van der Waals surface area contributed by atoms with Crippen LogP contribution in [0.5, 0.6) is 0 Å². The highest BCUT2D eigenvalue weighted by molar-refractivity contribution is 7.17.